The average molecular weight is 437 g/mol. The van der Waals surface area contributed by atoms with Crippen LogP contribution in [0.1, 0.15) is 0 Å². The second-order valence-electron chi connectivity index (χ2n) is 6.58. The van der Waals surface area contributed by atoms with Gasteiger partial charge in [-0.1, -0.05) is 24.3 Å². The van der Waals surface area contributed by atoms with Gasteiger partial charge in [-0.2, -0.15) is 4.52 Å². The number of carbonyl (C=O) groups excluding carboxylic acids is 1. The minimum atomic E-state index is -0.522. The van der Waals surface area contributed by atoms with Crippen molar-refractivity contribution in [1.29, 1.82) is 0 Å². The number of nitrogens with one attached hydrogen (secondary N) is 1. The first-order chi connectivity index (χ1) is 15.7. The van der Waals surface area contributed by atoms with E-state index in [0.29, 0.717) is 23.1 Å². The van der Waals surface area contributed by atoms with Crippen molar-refractivity contribution in [3.05, 3.63) is 66.5 Å². The van der Waals surface area contributed by atoms with E-state index < -0.39 is 11.7 Å². The van der Waals surface area contributed by atoms with Crippen LogP contribution in [-0.2, 0) is 4.79 Å². The molecule has 4 aromatic rings. The number of benzene rings is 2. The first-order valence-corrected chi connectivity index (χ1v) is 9.78. The third-order valence-electron chi connectivity index (χ3n) is 4.46. The number of rotatable bonds is 9. The molecule has 1 amide bonds. The van der Waals surface area contributed by atoms with Gasteiger partial charge in [0.1, 0.15) is 12.4 Å². The Balaban J connectivity index is 1.33. The monoisotopic (exact) mass is 437 g/mol. The van der Waals surface area contributed by atoms with Crippen molar-refractivity contribution in [2.24, 2.45) is 0 Å². The molecule has 32 heavy (non-hydrogen) atoms. The van der Waals surface area contributed by atoms with E-state index in [-0.39, 0.29) is 25.5 Å². The van der Waals surface area contributed by atoms with Gasteiger partial charge in [-0.25, -0.2) is 4.39 Å². The van der Waals surface area contributed by atoms with Crippen molar-refractivity contribution in [3.63, 3.8) is 0 Å². The second kappa shape index (κ2) is 9.73. The molecule has 0 fully saturated rings. The predicted molar refractivity (Wildman–Crippen MR) is 113 cm³/mol. The zero-order valence-electron chi connectivity index (χ0n) is 17.2. The van der Waals surface area contributed by atoms with Crippen LogP contribution in [0.25, 0.3) is 17.0 Å². The number of ether oxygens (including phenoxy) is 3. The molecule has 0 radical (unpaired) electrons. The fourth-order valence-electron chi connectivity index (χ4n) is 2.95. The van der Waals surface area contributed by atoms with Crippen LogP contribution in [0.4, 0.5) is 4.39 Å². The molecule has 2 aromatic carbocycles. The summed E-state index contributed by atoms with van der Waals surface area (Å²) >= 11 is 0. The largest absolute Gasteiger partial charge is 0.496 e. The van der Waals surface area contributed by atoms with Gasteiger partial charge >= 0.3 is 0 Å². The minimum absolute atomic E-state index is 0.0243. The van der Waals surface area contributed by atoms with Crippen molar-refractivity contribution in [1.82, 2.24) is 25.1 Å². The van der Waals surface area contributed by atoms with E-state index in [1.54, 1.807) is 35.9 Å². The molecule has 0 saturated carbocycles. The summed E-state index contributed by atoms with van der Waals surface area (Å²) in [6, 6.07) is 16.7. The number of halogens is 1. The van der Waals surface area contributed by atoms with Gasteiger partial charge < -0.3 is 19.5 Å². The standard InChI is InChI=1S/C22H20FN5O4/c1-30-17-8-4-2-6-15(17)22-26-25-19-10-11-21(27-28(19)22)31-13-12-24-20(29)14-32-18-9-5-3-7-16(18)23/h2-11H,12-14H2,1H3,(H,24,29). The van der Waals surface area contributed by atoms with Gasteiger partial charge in [0, 0.05) is 6.07 Å². The zero-order valence-corrected chi connectivity index (χ0v) is 17.2. The highest BCUT2D eigenvalue weighted by atomic mass is 19.1. The lowest BCUT2D eigenvalue weighted by Gasteiger charge is -2.09. The average Bonchev–Trinajstić information content (AvgIpc) is 3.24. The quantitative estimate of drug-likeness (QED) is 0.402. The van der Waals surface area contributed by atoms with Crippen LogP contribution < -0.4 is 19.5 Å². The van der Waals surface area contributed by atoms with E-state index >= 15 is 0 Å². The molecule has 9 nitrogen and oxygen atoms in total. The molecule has 0 spiro atoms. The summed E-state index contributed by atoms with van der Waals surface area (Å²) in [6.45, 7) is 0.102. The SMILES string of the molecule is COc1ccccc1-c1nnc2ccc(OCCNC(=O)COc3ccccc3F)nn12. The summed E-state index contributed by atoms with van der Waals surface area (Å²) in [5.74, 6) is 0.613. The Morgan fingerprint density at radius 2 is 1.78 bits per heavy atom. The highest BCUT2D eigenvalue weighted by Gasteiger charge is 2.14. The van der Waals surface area contributed by atoms with Crippen molar-refractivity contribution in [2.45, 2.75) is 0 Å². The molecular weight excluding hydrogens is 417 g/mol. The Labute approximate surface area is 182 Å². The Hall–Kier alpha value is -4.21. The summed E-state index contributed by atoms with van der Waals surface area (Å²) in [7, 11) is 1.58. The number of nitrogens with zero attached hydrogens (tertiary/aromatic N) is 4. The van der Waals surface area contributed by atoms with Gasteiger partial charge in [0.15, 0.2) is 29.6 Å². The van der Waals surface area contributed by atoms with E-state index in [2.05, 4.69) is 20.6 Å². The van der Waals surface area contributed by atoms with Crippen molar-refractivity contribution in [2.75, 3.05) is 26.9 Å². The number of fused-ring (bicyclic) bond motifs is 1. The Kier molecular flexibility index (Phi) is 6.40. The third kappa shape index (κ3) is 4.75. The second-order valence-corrected chi connectivity index (χ2v) is 6.58. The van der Waals surface area contributed by atoms with Crippen LogP contribution >= 0.6 is 0 Å². The molecule has 0 saturated heterocycles. The third-order valence-corrected chi connectivity index (χ3v) is 4.46. The number of carbonyl (C=O) groups is 1. The van der Waals surface area contributed by atoms with Crippen molar-refractivity contribution >= 4 is 11.6 Å². The van der Waals surface area contributed by atoms with Gasteiger partial charge in [0.05, 0.1) is 19.2 Å². The molecular formula is C22H20FN5O4. The molecule has 0 atom stereocenters. The number of methoxy groups -OCH3 is 1. The number of para-hydroxylation sites is 2. The summed E-state index contributed by atoms with van der Waals surface area (Å²) in [6.07, 6.45) is 0. The molecule has 0 aliphatic heterocycles. The summed E-state index contributed by atoms with van der Waals surface area (Å²) < 4.78 is 31.2. The summed E-state index contributed by atoms with van der Waals surface area (Å²) in [5, 5.41) is 15.4. The lowest BCUT2D eigenvalue weighted by molar-refractivity contribution is -0.123. The predicted octanol–water partition coefficient (Wildman–Crippen LogP) is 2.51. The summed E-state index contributed by atoms with van der Waals surface area (Å²) in [4.78, 5) is 11.9. The Morgan fingerprint density at radius 3 is 2.59 bits per heavy atom. The maximum atomic E-state index is 13.5. The van der Waals surface area contributed by atoms with Gasteiger partial charge in [-0.05, 0) is 30.3 Å². The van der Waals surface area contributed by atoms with Gasteiger partial charge in [0.2, 0.25) is 5.88 Å². The lowest BCUT2D eigenvalue weighted by atomic mass is 10.2. The Morgan fingerprint density at radius 1 is 1.00 bits per heavy atom. The molecule has 0 unspecified atom stereocenters. The van der Waals surface area contributed by atoms with Crippen LogP contribution in [-0.4, -0.2) is 52.6 Å². The lowest BCUT2D eigenvalue weighted by Crippen LogP contribution is -2.32. The van der Waals surface area contributed by atoms with E-state index in [4.69, 9.17) is 14.2 Å². The molecule has 2 heterocycles. The highest BCUT2D eigenvalue weighted by molar-refractivity contribution is 5.77. The maximum Gasteiger partial charge on any atom is 0.258 e. The fourth-order valence-corrected chi connectivity index (χ4v) is 2.95. The molecule has 4 rings (SSSR count). The molecule has 0 aliphatic carbocycles. The van der Waals surface area contributed by atoms with Gasteiger partial charge in [-0.3, -0.25) is 4.79 Å². The van der Waals surface area contributed by atoms with E-state index in [1.807, 2.05) is 24.3 Å². The maximum absolute atomic E-state index is 13.5. The van der Waals surface area contributed by atoms with Gasteiger partial charge in [-0.15, -0.1) is 15.3 Å². The van der Waals surface area contributed by atoms with Crippen molar-refractivity contribution < 1.29 is 23.4 Å². The van der Waals surface area contributed by atoms with E-state index in [1.165, 1.54) is 12.1 Å². The summed E-state index contributed by atoms with van der Waals surface area (Å²) in [5.41, 5.74) is 1.30. The molecule has 2 aromatic heterocycles. The van der Waals surface area contributed by atoms with Crippen LogP contribution in [0.2, 0.25) is 0 Å². The molecule has 0 aliphatic rings. The van der Waals surface area contributed by atoms with Crippen molar-refractivity contribution in [3.8, 4) is 28.8 Å². The zero-order chi connectivity index (χ0) is 22.3. The van der Waals surface area contributed by atoms with Crippen LogP contribution in [0, 0.1) is 5.82 Å². The fraction of sp³-hybridized carbons (Fsp3) is 0.182. The molecule has 0 bridgehead atoms. The number of hydrogen-bond acceptors (Lipinski definition) is 7. The molecule has 10 heteroatoms. The minimum Gasteiger partial charge on any atom is -0.496 e. The number of hydrogen-bond donors (Lipinski definition) is 1. The molecule has 1 N–H and O–H groups in total. The van der Waals surface area contributed by atoms with Crippen LogP contribution in [0.3, 0.4) is 0 Å². The van der Waals surface area contributed by atoms with E-state index in [0.717, 1.165) is 5.56 Å². The Bertz CT molecular complexity index is 1230. The van der Waals surface area contributed by atoms with Gasteiger partial charge in [0.25, 0.3) is 5.91 Å². The number of amides is 1. The topological polar surface area (TPSA) is 99.9 Å². The van der Waals surface area contributed by atoms with Crippen LogP contribution in [0.15, 0.2) is 60.7 Å². The first kappa shape index (κ1) is 21.0. The smallest absolute Gasteiger partial charge is 0.258 e. The first-order valence-electron chi connectivity index (χ1n) is 9.78. The highest BCUT2D eigenvalue weighted by Crippen LogP contribution is 2.28. The number of aromatic nitrogens is 4. The van der Waals surface area contributed by atoms with E-state index in [9.17, 15) is 9.18 Å². The normalized spacial score (nSPS) is 10.7. The van der Waals surface area contributed by atoms with Crippen LogP contribution in [0.5, 0.6) is 17.4 Å². The molecule has 164 valence electrons.